The van der Waals surface area contributed by atoms with E-state index in [-0.39, 0.29) is 10.8 Å². The molecule has 2 aromatic rings. The first-order valence-corrected chi connectivity index (χ1v) is 9.12. The summed E-state index contributed by atoms with van der Waals surface area (Å²) in [4.78, 5) is 8.83. The van der Waals surface area contributed by atoms with Gasteiger partial charge in [-0.2, -0.15) is 0 Å². The lowest BCUT2D eigenvalue weighted by Crippen LogP contribution is -2.19. The normalized spacial score (nSPS) is 12.2. The van der Waals surface area contributed by atoms with Crippen molar-refractivity contribution < 1.29 is 4.74 Å². The predicted octanol–water partition coefficient (Wildman–Crippen LogP) is 5.41. The van der Waals surface area contributed by atoms with Crippen LogP contribution in [0.4, 0.5) is 0 Å². The zero-order valence-electron chi connectivity index (χ0n) is 16.6. The fourth-order valence-electron chi connectivity index (χ4n) is 2.89. The number of nitrogens with zero attached hydrogens (tertiary/aromatic N) is 2. The Bertz CT molecular complexity index is 652. The van der Waals surface area contributed by atoms with E-state index in [1.54, 1.807) is 0 Å². The van der Waals surface area contributed by atoms with Gasteiger partial charge >= 0.3 is 0 Å². The van der Waals surface area contributed by atoms with Gasteiger partial charge in [-0.05, 0) is 54.2 Å². The molecule has 0 aliphatic rings. The summed E-state index contributed by atoms with van der Waals surface area (Å²) >= 11 is 0. The zero-order chi connectivity index (χ0) is 18.5. The van der Waals surface area contributed by atoms with Gasteiger partial charge in [-0.1, -0.05) is 46.8 Å². The van der Waals surface area contributed by atoms with Crippen LogP contribution in [-0.4, -0.2) is 16.6 Å². The van der Waals surface area contributed by atoms with Gasteiger partial charge in [0.25, 0.3) is 0 Å². The molecule has 0 N–H and O–H groups in total. The maximum Gasteiger partial charge on any atom is 0.213 e. The molecule has 0 atom stereocenters. The van der Waals surface area contributed by atoms with Crippen LogP contribution in [0.25, 0.3) is 0 Å². The highest BCUT2D eigenvalue weighted by Crippen LogP contribution is 2.26. The minimum absolute atomic E-state index is 0.170. The monoisotopic (exact) mass is 340 g/mol. The van der Waals surface area contributed by atoms with Crippen LogP contribution in [0.2, 0.25) is 0 Å². The molecule has 136 valence electrons. The SMILES string of the molecule is Cc1ccc(CC(C)(C)CCOc2ccc(CC(C)(C)C)cn2)cn1. The standard InChI is InChI=1S/C22H32N2O/c1-17-7-8-19(15-23-17)14-22(5,6)11-12-25-20-10-9-18(16-24-20)13-21(2,3)4/h7-10,15-16H,11-14H2,1-6H3. The molecule has 2 heterocycles. The highest BCUT2D eigenvalue weighted by atomic mass is 16.5. The number of pyridine rings is 2. The van der Waals surface area contributed by atoms with Gasteiger partial charge in [-0.25, -0.2) is 4.98 Å². The molecule has 3 nitrogen and oxygen atoms in total. The Morgan fingerprint density at radius 2 is 1.48 bits per heavy atom. The van der Waals surface area contributed by atoms with E-state index < -0.39 is 0 Å². The van der Waals surface area contributed by atoms with Crippen molar-refractivity contribution in [3.8, 4) is 5.88 Å². The minimum Gasteiger partial charge on any atom is -0.478 e. The first-order chi connectivity index (χ1) is 11.6. The summed E-state index contributed by atoms with van der Waals surface area (Å²) < 4.78 is 5.86. The van der Waals surface area contributed by atoms with Crippen molar-refractivity contribution in [2.45, 2.75) is 60.8 Å². The lowest BCUT2D eigenvalue weighted by molar-refractivity contribution is 0.221. The molecule has 2 aromatic heterocycles. The number of rotatable bonds is 7. The van der Waals surface area contributed by atoms with Crippen molar-refractivity contribution in [3.05, 3.63) is 53.5 Å². The average molecular weight is 341 g/mol. The van der Waals surface area contributed by atoms with Crippen LogP contribution in [0.15, 0.2) is 36.7 Å². The molecule has 0 aliphatic heterocycles. The second-order valence-corrected chi connectivity index (χ2v) is 8.99. The molecule has 0 aromatic carbocycles. The van der Waals surface area contributed by atoms with Crippen LogP contribution in [0.1, 0.15) is 57.9 Å². The number of hydrogen-bond acceptors (Lipinski definition) is 3. The number of ether oxygens (including phenoxy) is 1. The average Bonchev–Trinajstić information content (AvgIpc) is 2.49. The molecule has 3 heteroatoms. The molecule has 0 aliphatic carbocycles. The van der Waals surface area contributed by atoms with E-state index in [9.17, 15) is 0 Å². The van der Waals surface area contributed by atoms with Gasteiger partial charge in [0.2, 0.25) is 5.88 Å². The van der Waals surface area contributed by atoms with Crippen molar-refractivity contribution in [2.75, 3.05) is 6.61 Å². The van der Waals surface area contributed by atoms with E-state index in [0.717, 1.165) is 25.0 Å². The quantitative estimate of drug-likeness (QED) is 0.676. The maximum absolute atomic E-state index is 5.86. The van der Waals surface area contributed by atoms with Gasteiger partial charge in [0.15, 0.2) is 0 Å². The summed E-state index contributed by atoms with van der Waals surface area (Å²) in [6, 6.07) is 8.35. The van der Waals surface area contributed by atoms with E-state index in [0.29, 0.717) is 12.5 Å². The Morgan fingerprint density at radius 1 is 0.840 bits per heavy atom. The fraction of sp³-hybridized carbons (Fsp3) is 0.545. The molecule has 0 amide bonds. The fourth-order valence-corrected chi connectivity index (χ4v) is 2.89. The first kappa shape index (κ1) is 19.4. The molecule has 0 radical (unpaired) electrons. The van der Waals surface area contributed by atoms with Crippen LogP contribution in [-0.2, 0) is 12.8 Å². The highest BCUT2D eigenvalue weighted by Gasteiger charge is 2.19. The van der Waals surface area contributed by atoms with Gasteiger partial charge in [0.1, 0.15) is 0 Å². The molecule has 0 bridgehead atoms. The van der Waals surface area contributed by atoms with Gasteiger partial charge in [0.05, 0.1) is 6.61 Å². The second-order valence-electron chi connectivity index (χ2n) is 8.99. The number of aryl methyl sites for hydroxylation is 1. The largest absolute Gasteiger partial charge is 0.478 e. The number of aromatic nitrogens is 2. The third kappa shape index (κ3) is 7.25. The van der Waals surface area contributed by atoms with Gasteiger partial charge in [0, 0.05) is 24.2 Å². The summed E-state index contributed by atoms with van der Waals surface area (Å²) in [5.41, 5.74) is 4.04. The Balaban J connectivity index is 1.81. The maximum atomic E-state index is 5.86. The molecule has 25 heavy (non-hydrogen) atoms. The molecule has 0 unspecified atom stereocenters. The molecule has 0 spiro atoms. The Labute approximate surface area is 152 Å². The second kappa shape index (κ2) is 7.99. The molecular formula is C22H32N2O. The van der Waals surface area contributed by atoms with Crippen LogP contribution >= 0.6 is 0 Å². The van der Waals surface area contributed by atoms with Gasteiger partial charge in [-0.3, -0.25) is 4.98 Å². The van der Waals surface area contributed by atoms with Gasteiger partial charge in [-0.15, -0.1) is 0 Å². The topological polar surface area (TPSA) is 35.0 Å². The summed E-state index contributed by atoms with van der Waals surface area (Å²) in [7, 11) is 0. The van der Waals surface area contributed by atoms with Crippen LogP contribution < -0.4 is 4.74 Å². The summed E-state index contributed by atoms with van der Waals surface area (Å²) in [6.45, 7) is 14.0. The zero-order valence-corrected chi connectivity index (χ0v) is 16.6. The minimum atomic E-state index is 0.170. The van der Waals surface area contributed by atoms with Crippen LogP contribution in [0.3, 0.4) is 0 Å². The van der Waals surface area contributed by atoms with Crippen molar-refractivity contribution >= 4 is 0 Å². The summed E-state index contributed by atoms with van der Waals surface area (Å²) in [5.74, 6) is 0.713. The Hall–Kier alpha value is -1.90. The van der Waals surface area contributed by atoms with E-state index in [4.69, 9.17) is 4.74 Å². The van der Waals surface area contributed by atoms with E-state index >= 15 is 0 Å². The highest BCUT2D eigenvalue weighted by molar-refractivity contribution is 5.19. The third-order valence-electron chi connectivity index (χ3n) is 4.22. The Kier molecular flexibility index (Phi) is 6.21. The first-order valence-electron chi connectivity index (χ1n) is 9.12. The van der Waals surface area contributed by atoms with E-state index in [1.807, 2.05) is 25.4 Å². The lowest BCUT2D eigenvalue weighted by Gasteiger charge is -2.24. The van der Waals surface area contributed by atoms with Gasteiger partial charge < -0.3 is 4.74 Å². The molecule has 0 saturated carbocycles. The molecule has 2 rings (SSSR count). The van der Waals surface area contributed by atoms with Crippen molar-refractivity contribution in [3.63, 3.8) is 0 Å². The molecule has 0 saturated heterocycles. The number of hydrogen-bond donors (Lipinski definition) is 0. The van der Waals surface area contributed by atoms with Crippen LogP contribution in [0, 0.1) is 17.8 Å². The lowest BCUT2D eigenvalue weighted by atomic mass is 9.83. The Morgan fingerprint density at radius 3 is 2.04 bits per heavy atom. The van der Waals surface area contributed by atoms with E-state index in [1.165, 1.54) is 11.1 Å². The molecule has 0 fully saturated rings. The van der Waals surface area contributed by atoms with Crippen molar-refractivity contribution in [1.29, 1.82) is 0 Å². The van der Waals surface area contributed by atoms with Crippen LogP contribution in [0.5, 0.6) is 5.88 Å². The summed E-state index contributed by atoms with van der Waals surface area (Å²) in [5, 5.41) is 0. The third-order valence-corrected chi connectivity index (χ3v) is 4.22. The predicted molar refractivity (Wildman–Crippen MR) is 104 cm³/mol. The summed E-state index contributed by atoms with van der Waals surface area (Å²) in [6.07, 6.45) is 6.92. The van der Waals surface area contributed by atoms with Crippen molar-refractivity contribution in [1.82, 2.24) is 9.97 Å². The molecular weight excluding hydrogens is 308 g/mol. The van der Waals surface area contributed by atoms with Crippen molar-refractivity contribution in [2.24, 2.45) is 10.8 Å². The van der Waals surface area contributed by atoms with E-state index in [2.05, 4.69) is 62.8 Å². The smallest absolute Gasteiger partial charge is 0.213 e.